The van der Waals surface area contributed by atoms with Crippen molar-refractivity contribution in [1.82, 2.24) is 4.98 Å². The van der Waals surface area contributed by atoms with E-state index < -0.39 is 6.43 Å². The zero-order valence-corrected chi connectivity index (χ0v) is 11.4. The minimum absolute atomic E-state index is 0.101. The van der Waals surface area contributed by atoms with E-state index in [0.717, 1.165) is 25.9 Å². The normalized spacial score (nSPS) is 16.4. The maximum Gasteiger partial charge on any atom is 0.265 e. The third-order valence-corrected chi connectivity index (χ3v) is 3.19. The number of aromatic nitrogens is 1. The monoisotopic (exact) mass is 256 g/mol. The summed E-state index contributed by atoms with van der Waals surface area (Å²) in [5.41, 5.74) is 0.703. The molecule has 0 spiro atoms. The van der Waals surface area contributed by atoms with Gasteiger partial charge in [-0.2, -0.15) is 0 Å². The van der Waals surface area contributed by atoms with Crippen molar-refractivity contribution in [2.75, 3.05) is 18.0 Å². The maximum absolute atomic E-state index is 12.8. The van der Waals surface area contributed by atoms with Crippen molar-refractivity contribution >= 4 is 5.69 Å². The zero-order valence-electron chi connectivity index (χ0n) is 11.4. The fourth-order valence-corrected chi connectivity index (χ4v) is 2.10. The number of pyridine rings is 1. The second-order valence-electron chi connectivity index (χ2n) is 4.40. The Hall–Kier alpha value is -1.19. The molecule has 0 saturated carbocycles. The summed E-state index contributed by atoms with van der Waals surface area (Å²) in [6.45, 7) is 7.91. The van der Waals surface area contributed by atoms with Crippen LogP contribution in [0.2, 0.25) is 0 Å². The SMILES string of the molecule is CC.CC1CCN(c2cnccc2C(F)F)CC1. The summed E-state index contributed by atoms with van der Waals surface area (Å²) in [5, 5.41) is 0. The van der Waals surface area contributed by atoms with Crippen LogP contribution in [0, 0.1) is 5.92 Å². The Balaban J connectivity index is 0.000000771. The van der Waals surface area contributed by atoms with Gasteiger partial charge in [0.25, 0.3) is 6.43 Å². The highest BCUT2D eigenvalue weighted by atomic mass is 19.3. The van der Waals surface area contributed by atoms with Crippen LogP contribution < -0.4 is 4.90 Å². The molecule has 2 nitrogen and oxygen atoms in total. The van der Waals surface area contributed by atoms with E-state index in [9.17, 15) is 8.78 Å². The van der Waals surface area contributed by atoms with E-state index >= 15 is 0 Å². The van der Waals surface area contributed by atoms with E-state index in [1.54, 1.807) is 6.20 Å². The molecule has 2 rings (SSSR count). The highest BCUT2D eigenvalue weighted by Crippen LogP contribution is 2.31. The Kier molecular flexibility index (Phi) is 6.02. The molecule has 1 aromatic heterocycles. The molecular formula is C14H22F2N2. The first-order valence-corrected chi connectivity index (χ1v) is 6.65. The summed E-state index contributed by atoms with van der Waals surface area (Å²) in [5.74, 6) is 0.697. The lowest BCUT2D eigenvalue weighted by Gasteiger charge is -2.33. The molecule has 0 radical (unpaired) electrons. The van der Waals surface area contributed by atoms with E-state index in [0.29, 0.717) is 11.6 Å². The number of hydrogen-bond donors (Lipinski definition) is 0. The summed E-state index contributed by atoms with van der Waals surface area (Å²) in [7, 11) is 0. The fraction of sp³-hybridized carbons (Fsp3) is 0.643. The van der Waals surface area contributed by atoms with Gasteiger partial charge in [0, 0.05) is 24.8 Å². The van der Waals surface area contributed by atoms with Crippen LogP contribution >= 0.6 is 0 Å². The van der Waals surface area contributed by atoms with Crippen molar-refractivity contribution in [2.24, 2.45) is 5.92 Å². The lowest BCUT2D eigenvalue weighted by molar-refractivity contribution is 0.151. The fourth-order valence-electron chi connectivity index (χ4n) is 2.10. The molecule has 0 aliphatic carbocycles. The first-order valence-electron chi connectivity index (χ1n) is 6.65. The highest BCUT2D eigenvalue weighted by Gasteiger charge is 2.21. The summed E-state index contributed by atoms with van der Waals surface area (Å²) >= 11 is 0. The predicted octanol–water partition coefficient (Wildman–Crippen LogP) is 4.28. The molecular weight excluding hydrogens is 234 g/mol. The summed E-state index contributed by atoms with van der Waals surface area (Å²) in [4.78, 5) is 5.97. The average molecular weight is 256 g/mol. The van der Waals surface area contributed by atoms with Gasteiger partial charge in [-0.05, 0) is 24.8 Å². The van der Waals surface area contributed by atoms with Crippen LogP contribution in [0.4, 0.5) is 14.5 Å². The number of piperidine rings is 1. The molecule has 102 valence electrons. The van der Waals surface area contributed by atoms with Crippen LogP contribution in [0.3, 0.4) is 0 Å². The standard InChI is InChI=1S/C12H16F2N2.C2H6/c1-9-3-6-16(7-4-9)11-8-15-5-2-10(11)12(13)14;1-2/h2,5,8-9,12H,3-4,6-7H2,1H3;1-2H3. The lowest BCUT2D eigenvalue weighted by atomic mass is 9.98. The third-order valence-electron chi connectivity index (χ3n) is 3.19. The molecule has 1 saturated heterocycles. The van der Waals surface area contributed by atoms with Crippen LogP contribution in [0.1, 0.15) is 45.6 Å². The topological polar surface area (TPSA) is 16.1 Å². The van der Waals surface area contributed by atoms with Crippen molar-refractivity contribution in [3.8, 4) is 0 Å². The Morgan fingerprint density at radius 1 is 1.28 bits per heavy atom. The summed E-state index contributed by atoms with van der Waals surface area (Å²) in [6, 6.07) is 1.41. The largest absolute Gasteiger partial charge is 0.370 e. The molecule has 0 unspecified atom stereocenters. The average Bonchev–Trinajstić information content (AvgIpc) is 2.42. The van der Waals surface area contributed by atoms with Crippen molar-refractivity contribution in [3.63, 3.8) is 0 Å². The van der Waals surface area contributed by atoms with Gasteiger partial charge in [0.15, 0.2) is 0 Å². The predicted molar refractivity (Wildman–Crippen MR) is 71.2 cm³/mol. The van der Waals surface area contributed by atoms with Crippen molar-refractivity contribution in [3.05, 3.63) is 24.0 Å². The number of nitrogens with zero attached hydrogens (tertiary/aromatic N) is 2. The van der Waals surface area contributed by atoms with Crippen LogP contribution in [0.5, 0.6) is 0 Å². The van der Waals surface area contributed by atoms with Gasteiger partial charge in [-0.1, -0.05) is 20.8 Å². The number of halogens is 2. The van der Waals surface area contributed by atoms with Gasteiger partial charge in [-0.3, -0.25) is 4.98 Å². The molecule has 0 bridgehead atoms. The third kappa shape index (κ3) is 3.65. The Morgan fingerprint density at radius 2 is 1.89 bits per heavy atom. The van der Waals surface area contributed by atoms with Crippen molar-refractivity contribution in [1.29, 1.82) is 0 Å². The van der Waals surface area contributed by atoms with Gasteiger partial charge in [0.05, 0.1) is 11.9 Å². The molecule has 1 aliphatic heterocycles. The van der Waals surface area contributed by atoms with E-state index in [4.69, 9.17) is 0 Å². The van der Waals surface area contributed by atoms with Crippen LogP contribution in [-0.2, 0) is 0 Å². The molecule has 2 heterocycles. The zero-order chi connectivity index (χ0) is 13.5. The van der Waals surface area contributed by atoms with E-state index in [1.807, 2.05) is 18.7 Å². The van der Waals surface area contributed by atoms with E-state index in [2.05, 4.69) is 11.9 Å². The first kappa shape index (κ1) is 14.9. The quantitative estimate of drug-likeness (QED) is 0.785. The molecule has 18 heavy (non-hydrogen) atoms. The number of hydrogen-bond acceptors (Lipinski definition) is 2. The van der Waals surface area contributed by atoms with Gasteiger partial charge < -0.3 is 4.90 Å². The van der Waals surface area contributed by atoms with E-state index in [-0.39, 0.29) is 5.56 Å². The Bertz CT molecular complexity index is 347. The van der Waals surface area contributed by atoms with Crippen LogP contribution in [0.25, 0.3) is 0 Å². The van der Waals surface area contributed by atoms with Gasteiger partial charge >= 0.3 is 0 Å². The molecule has 0 aromatic carbocycles. The van der Waals surface area contributed by atoms with Crippen molar-refractivity contribution in [2.45, 2.75) is 40.0 Å². The van der Waals surface area contributed by atoms with Crippen LogP contribution in [0.15, 0.2) is 18.5 Å². The van der Waals surface area contributed by atoms with Gasteiger partial charge in [-0.15, -0.1) is 0 Å². The van der Waals surface area contributed by atoms with Crippen molar-refractivity contribution < 1.29 is 8.78 Å². The molecule has 0 amide bonds. The number of rotatable bonds is 2. The Labute approximate surface area is 108 Å². The lowest BCUT2D eigenvalue weighted by Crippen LogP contribution is -2.33. The van der Waals surface area contributed by atoms with Gasteiger partial charge in [0.2, 0.25) is 0 Å². The van der Waals surface area contributed by atoms with Gasteiger partial charge in [-0.25, -0.2) is 8.78 Å². The van der Waals surface area contributed by atoms with Crippen LogP contribution in [-0.4, -0.2) is 18.1 Å². The minimum atomic E-state index is -2.42. The maximum atomic E-state index is 12.8. The minimum Gasteiger partial charge on any atom is -0.370 e. The second kappa shape index (κ2) is 7.29. The second-order valence-corrected chi connectivity index (χ2v) is 4.40. The number of alkyl halides is 2. The molecule has 1 aromatic rings. The molecule has 1 aliphatic rings. The Morgan fingerprint density at radius 3 is 2.44 bits per heavy atom. The highest BCUT2D eigenvalue weighted by molar-refractivity contribution is 5.52. The van der Waals surface area contributed by atoms with E-state index in [1.165, 1.54) is 12.3 Å². The number of anilines is 1. The molecule has 0 N–H and O–H groups in total. The summed E-state index contributed by atoms with van der Waals surface area (Å²) < 4.78 is 25.6. The first-order chi connectivity index (χ1) is 8.68. The summed E-state index contributed by atoms with van der Waals surface area (Å²) in [6.07, 6.45) is 2.70. The smallest absolute Gasteiger partial charge is 0.265 e. The molecule has 1 fully saturated rings. The molecule has 4 heteroatoms. The molecule has 0 atom stereocenters. The van der Waals surface area contributed by atoms with Gasteiger partial charge in [0.1, 0.15) is 0 Å².